The maximum atomic E-state index is 5.47. The lowest BCUT2D eigenvalue weighted by Crippen LogP contribution is -2.30. The molecule has 1 aliphatic rings. The number of rotatable bonds is 7. The fourth-order valence-corrected chi connectivity index (χ4v) is 3.82. The molecule has 0 spiro atoms. The fourth-order valence-electron chi connectivity index (χ4n) is 3.82. The molecule has 0 amide bonds. The van der Waals surface area contributed by atoms with Crippen molar-refractivity contribution in [3.63, 3.8) is 0 Å². The highest BCUT2D eigenvalue weighted by Gasteiger charge is 2.34. The maximum absolute atomic E-state index is 5.47. The molecule has 1 fully saturated rings. The van der Waals surface area contributed by atoms with Crippen molar-refractivity contribution < 1.29 is 4.74 Å². The van der Waals surface area contributed by atoms with Crippen molar-refractivity contribution in [1.82, 2.24) is 0 Å². The third kappa shape index (κ3) is 3.92. The molecule has 22 heavy (non-hydrogen) atoms. The van der Waals surface area contributed by atoms with E-state index >= 15 is 0 Å². The lowest BCUT2D eigenvalue weighted by atomic mass is 9.66. The second-order valence-electron chi connectivity index (χ2n) is 6.88. The van der Waals surface area contributed by atoms with Crippen LogP contribution in [-0.2, 0) is 16.8 Å². The van der Waals surface area contributed by atoms with E-state index in [1.165, 1.54) is 42.5 Å². The molecule has 1 aromatic carbocycles. The summed E-state index contributed by atoms with van der Waals surface area (Å²) in [5.74, 6) is 0.645. The van der Waals surface area contributed by atoms with Crippen LogP contribution in [0.1, 0.15) is 57.1 Å². The smallest absolute Gasteiger partial charge is 0.0716 e. The molecule has 2 nitrogen and oxygen atoms in total. The first-order chi connectivity index (χ1) is 10.6. The first kappa shape index (κ1) is 17.1. The fraction of sp³-hybridized carbons (Fsp3) is 0.600. The summed E-state index contributed by atoms with van der Waals surface area (Å²) in [6.45, 7) is 10.3. The summed E-state index contributed by atoms with van der Waals surface area (Å²) in [7, 11) is 1.78. The predicted molar refractivity (Wildman–Crippen MR) is 95.4 cm³/mol. The van der Waals surface area contributed by atoms with Crippen molar-refractivity contribution in [1.29, 1.82) is 0 Å². The van der Waals surface area contributed by atoms with E-state index in [9.17, 15) is 0 Å². The number of nitrogens with one attached hydrogen (secondary N) is 1. The Labute approximate surface area is 136 Å². The zero-order valence-electron chi connectivity index (χ0n) is 14.5. The summed E-state index contributed by atoms with van der Waals surface area (Å²) in [4.78, 5) is 0. The van der Waals surface area contributed by atoms with Crippen LogP contribution in [0, 0.1) is 5.92 Å². The minimum absolute atomic E-state index is 0.244. The molecular weight excluding hydrogens is 270 g/mol. The van der Waals surface area contributed by atoms with E-state index < -0.39 is 0 Å². The Balaban J connectivity index is 2.29. The van der Waals surface area contributed by atoms with Gasteiger partial charge in [0.15, 0.2) is 0 Å². The van der Waals surface area contributed by atoms with Crippen LogP contribution >= 0.6 is 0 Å². The summed E-state index contributed by atoms with van der Waals surface area (Å²) in [5.41, 5.74) is 4.24. The van der Waals surface area contributed by atoms with Crippen LogP contribution in [0.25, 0.3) is 0 Å². The van der Waals surface area contributed by atoms with E-state index in [4.69, 9.17) is 4.74 Å². The standard InChI is InChI=1S/C20H31NO/c1-5-12-21-18-9-10-19(17(13-18)15-22-4)20(3)11-7-8-16(6-2)14-20/h6,9-10,13,16,21H,2,5,7-8,11-12,14-15H2,1,3-4H3. The molecule has 2 heteroatoms. The van der Waals surface area contributed by atoms with Gasteiger partial charge in [-0.2, -0.15) is 0 Å². The minimum Gasteiger partial charge on any atom is -0.385 e. The number of hydrogen-bond acceptors (Lipinski definition) is 2. The molecule has 1 saturated carbocycles. The van der Waals surface area contributed by atoms with Crippen LogP contribution in [-0.4, -0.2) is 13.7 Å². The SMILES string of the molecule is C=CC1CCCC(C)(c2ccc(NCCC)cc2COC)C1. The van der Waals surface area contributed by atoms with Gasteiger partial charge in [0.25, 0.3) is 0 Å². The van der Waals surface area contributed by atoms with Crippen molar-refractivity contribution in [2.75, 3.05) is 19.0 Å². The summed E-state index contributed by atoms with van der Waals surface area (Å²) >= 11 is 0. The average Bonchev–Trinajstić information content (AvgIpc) is 2.53. The summed E-state index contributed by atoms with van der Waals surface area (Å²) in [6.07, 6.45) is 8.32. The van der Waals surface area contributed by atoms with E-state index in [0.717, 1.165) is 13.0 Å². The lowest BCUT2D eigenvalue weighted by Gasteiger charge is -2.39. The van der Waals surface area contributed by atoms with Crippen molar-refractivity contribution in [2.45, 2.75) is 58.0 Å². The van der Waals surface area contributed by atoms with Crippen LogP contribution in [0.2, 0.25) is 0 Å². The van der Waals surface area contributed by atoms with Gasteiger partial charge in [-0.05, 0) is 60.3 Å². The molecule has 122 valence electrons. The van der Waals surface area contributed by atoms with Gasteiger partial charge in [0, 0.05) is 19.3 Å². The highest BCUT2D eigenvalue weighted by atomic mass is 16.5. The molecule has 0 heterocycles. The molecule has 1 aliphatic carbocycles. The highest BCUT2D eigenvalue weighted by Crippen LogP contribution is 2.43. The van der Waals surface area contributed by atoms with Crippen molar-refractivity contribution in [3.8, 4) is 0 Å². The minimum atomic E-state index is 0.244. The number of benzene rings is 1. The summed E-state index contributed by atoms with van der Waals surface area (Å²) in [5, 5.41) is 3.48. The lowest BCUT2D eigenvalue weighted by molar-refractivity contribution is 0.180. The third-order valence-electron chi connectivity index (χ3n) is 4.98. The number of methoxy groups -OCH3 is 1. The topological polar surface area (TPSA) is 21.3 Å². The molecule has 0 radical (unpaired) electrons. The van der Waals surface area contributed by atoms with Crippen LogP contribution in [0.4, 0.5) is 5.69 Å². The molecule has 0 saturated heterocycles. The number of allylic oxidation sites excluding steroid dienone is 1. The Morgan fingerprint density at radius 2 is 2.27 bits per heavy atom. The zero-order valence-corrected chi connectivity index (χ0v) is 14.5. The second-order valence-corrected chi connectivity index (χ2v) is 6.88. The van der Waals surface area contributed by atoms with Gasteiger partial charge in [0.2, 0.25) is 0 Å². The van der Waals surface area contributed by atoms with Gasteiger partial charge in [0.05, 0.1) is 6.61 Å². The number of hydrogen-bond donors (Lipinski definition) is 1. The molecule has 0 aromatic heterocycles. The Bertz CT molecular complexity index is 496. The van der Waals surface area contributed by atoms with Gasteiger partial charge < -0.3 is 10.1 Å². The second kappa shape index (κ2) is 7.82. The Hall–Kier alpha value is -1.28. The van der Waals surface area contributed by atoms with E-state index in [0.29, 0.717) is 12.5 Å². The monoisotopic (exact) mass is 301 g/mol. The van der Waals surface area contributed by atoms with E-state index in [1.54, 1.807) is 7.11 Å². The molecule has 1 aromatic rings. The van der Waals surface area contributed by atoms with E-state index in [2.05, 4.69) is 50.0 Å². The first-order valence-electron chi connectivity index (χ1n) is 8.61. The third-order valence-corrected chi connectivity index (χ3v) is 4.98. The predicted octanol–water partition coefficient (Wildman–Crippen LogP) is 5.29. The number of ether oxygens (including phenoxy) is 1. The van der Waals surface area contributed by atoms with Crippen LogP contribution in [0.3, 0.4) is 0 Å². The molecule has 2 atom stereocenters. The zero-order chi connectivity index (χ0) is 16.0. The summed E-state index contributed by atoms with van der Waals surface area (Å²) in [6, 6.07) is 6.82. The molecular formula is C20H31NO. The largest absolute Gasteiger partial charge is 0.385 e. The van der Waals surface area contributed by atoms with Crippen molar-refractivity contribution in [3.05, 3.63) is 42.0 Å². The summed E-state index contributed by atoms with van der Waals surface area (Å²) < 4.78 is 5.47. The van der Waals surface area contributed by atoms with Crippen LogP contribution in [0.15, 0.2) is 30.9 Å². The Morgan fingerprint density at radius 1 is 1.45 bits per heavy atom. The van der Waals surface area contributed by atoms with Gasteiger partial charge in [-0.15, -0.1) is 6.58 Å². The average molecular weight is 301 g/mol. The van der Waals surface area contributed by atoms with Gasteiger partial charge in [-0.25, -0.2) is 0 Å². The normalized spacial score (nSPS) is 25.0. The van der Waals surface area contributed by atoms with E-state index in [1.807, 2.05) is 0 Å². The quantitative estimate of drug-likeness (QED) is 0.691. The molecule has 2 rings (SSSR count). The molecule has 2 unspecified atom stereocenters. The van der Waals surface area contributed by atoms with Gasteiger partial charge in [-0.3, -0.25) is 0 Å². The number of anilines is 1. The van der Waals surface area contributed by atoms with Gasteiger partial charge in [0.1, 0.15) is 0 Å². The molecule has 0 aliphatic heterocycles. The Morgan fingerprint density at radius 3 is 2.95 bits per heavy atom. The van der Waals surface area contributed by atoms with Gasteiger partial charge in [-0.1, -0.05) is 32.4 Å². The van der Waals surface area contributed by atoms with Gasteiger partial charge >= 0.3 is 0 Å². The molecule has 1 N–H and O–H groups in total. The van der Waals surface area contributed by atoms with E-state index in [-0.39, 0.29) is 5.41 Å². The first-order valence-corrected chi connectivity index (χ1v) is 8.61. The van der Waals surface area contributed by atoms with Crippen LogP contribution in [0.5, 0.6) is 0 Å². The van der Waals surface area contributed by atoms with Crippen LogP contribution < -0.4 is 5.32 Å². The van der Waals surface area contributed by atoms with Crippen molar-refractivity contribution in [2.24, 2.45) is 5.92 Å². The highest BCUT2D eigenvalue weighted by molar-refractivity contribution is 5.50. The molecule has 0 bridgehead atoms. The maximum Gasteiger partial charge on any atom is 0.0716 e. The Kier molecular flexibility index (Phi) is 6.07. The van der Waals surface area contributed by atoms with Crippen molar-refractivity contribution >= 4 is 5.69 Å².